The average Bonchev–Trinajstić information content (AvgIpc) is 2.25. The first kappa shape index (κ1) is 13.7. The first-order chi connectivity index (χ1) is 7.84. The number of carbonyl (C=O) groups excluding carboxylic acids is 1. The number of methoxy groups -OCH3 is 1. The Labute approximate surface area is 101 Å². The van der Waals surface area contributed by atoms with Gasteiger partial charge in [0.2, 0.25) is 0 Å². The molecule has 7 heteroatoms. The Kier molecular flexibility index (Phi) is 4.28. The molecule has 0 fully saturated rings. The van der Waals surface area contributed by atoms with Crippen LogP contribution in [0.15, 0.2) is 23.1 Å². The van der Waals surface area contributed by atoms with E-state index in [2.05, 4.69) is 17.4 Å². The first-order valence-electron chi connectivity index (χ1n) is 4.44. The Hall–Kier alpha value is -1.37. The van der Waals surface area contributed by atoms with Crippen molar-refractivity contribution in [1.82, 2.24) is 0 Å². The second-order valence-electron chi connectivity index (χ2n) is 3.04. The van der Waals surface area contributed by atoms with Crippen molar-refractivity contribution in [3.05, 3.63) is 23.8 Å². The number of carbonyl (C=O) groups is 1. The van der Waals surface area contributed by atoms with E-state index < -0.39 is 30.1 Å². The number of hydrogen-bond donors (Lipinski definition) is 1. The van der Waals surface area contributed by atoms with Crippen molar-refractivity contribution >= 4 is 18.6 Å². The number of ether oxygens (including phenoxy) is 2. The highest BCUT2D eigenvalue weighted by Gasteiger charge is 2.34. The van der Waals surface area contributed by atoms with Crippen LogP contribution < -0.4 is 4.74 Å². The van der Waals surface area contributed by atoms with Crippen LogP contribution in [0.1, 0.15) is 5.56 Å². The molecule has 0 atom stereocenters. The molecule has 94 valence electrons. The van der Waals surface area contributed by atoms with Gasteiger partial charge in [-0.05, 0) is 18.2 Å². The van der Waals surface area contributed by atoms with Crippen molar-refractivity contribution in [3.63, 3.8) is 0 Å². The number of alkyl halides is 3. The summed E-state index contributed by atoms with van der Waals surface area (Å²) in [6, 6.07) is 3.27. The predicted molar refractivity (Wildman–Crippen MR) is 56.2 cm³/mol. The van der Waals surface area contributed by atoms with E-state index in [0.29, 0.717) is 0 Å². The zero-order chi connectivity index (χ0) is 13.1. The summed E-state index contributed by atoms with van der Waals surface area (Å²) in [6.07, 6.45) is -4.57. The zero-order valence-electron chi connectivity index (χ0n) is 8.75. The second kappa shape index (κ2) is 5.31. The molecule has 17 heavy (non-hydrogen) atoms. The van der Waals surface area contributed by atoms with E-state index in [1.165, 1.54) is 6.07 Å². The van der Waals surface area contributed by atoms with E-state index in [-0.39, 0.29) is 4.90 Å². The van der Waals surface area contributed by atoms with Gasteiger partial charge < -0.3 is 9.47 Å². The van der Waals surface area contributed by atoms with E-state index in [1.807, 2.05) is 0 Å². The number of rotatable bonds is 3. The minimum absolute atomic E-state index is 0.155. The van der Waals surface area contributed by atoms with Crippen LogP contribution in [0.3, 0.4) is 0 Å². The molecule has 1 aromatic carbocycles. The molecule has 0 N–H and O–H groups in total. The maximum absolute atomic E-state index is 12.6. The van der Waals surface area contributed by atoms with Gasteiger partial charge in [-0.3, -0.25) is 0 Å². The van der Waals surface area contributed by atoms with Crippen LogP contribution in [0.5, 0.6) is 5.75 Å². The topological polar surface area (TPSA) is 35.5 Å². The van der Waals surface area contributed by atoms with Crippen molar-refractivity contribution in [3.8, 4) is 5.75 Å². The van der Waals surface area contributed by atoms with Gasteiger partial charge in [-0.15, -0.1) is 12.6 Å². The van der Waals surface area contributed by atoms with Crippen molar-refractivity contribution < 1.29 is 27.4 Å². The summed E-state index contributed by atoms with van der Waals surface area (Å²) in [5, 5.41) is 0. The number of thiol groups is 1. The van der Waals surface area contributed by atoms with Gasteiger partial charge in [0.25, 0.3) is 0 Å². The standard InChI is InChI=1S/C10H9F3O3S/c1-15-9(14)5-16-8-3-2-6(17)4-7(8)10(11,12)13/h2-4,17H,5H2,1H3. The van der Waals surface area contributed by atoms with Crippen LogP contribution in [0.2, 0.25) is 0 Å². The number of esters is 1. The molecular weight excluding hydrogens is 257 g/mol. The Morgan fingerprint density at radius 2 is 2.06 bits per heavy atom. The Morgan fingerprint density at radius 3 is 2.59 bits per heavy atom. The molecule has 0 aliphatic heterocycles. The summed E-state index contributed by atoms with van der Waals surface area (Å²) < 4.78 is 46.8. The lowest BCUT2D eigenvalue weighted by molar-refractivity contribution is -0.145. The lowest BCUT2D eigenvalue weighted by Gasteiger charge is -2.13. The molecular formula is C10H9F3O3S. The summed E-state index contributed by atoms with van der Waals surface area (Å²) in [4.78, 5) is 10.9. The van der Waals surface area contributed by atoms with Crippen molar-refractivity contribution in [2.45, 2.75) is 11.1 Å². The molecule has 0 heterocycles. The van der Waals surface area contributed by atoms with Gasteiger partial charge in [-0.25, -0.2) is 4.79 Å². The van der Waals surface area contributed by atoms with Gasteiger partial charge in [0, 0.05) is 4.90 Å². The maximum Gasteiger partial charge on any atom is 0.420 e. The molecule has 0 radical (unpaired) electrons. The number of hydrogen-bond acceptors (Lipinski definition) is 4. The first-order valence-corrected chi connectivity index (χ1v) is 4.89. The van der Waals surface area contributed by atoms with Crippen LogP contribution in [0.4, 0.5) is 13.2 Å². The summed E-state index contributed by atoms with van der Waals surface area (Å²) >= 11 is 3.81. The van der Waals surface area contributed by atoms with E-state index >= 15 is 0 Å². The molecule has 0 amide bonds. The second-order valence-corrected chi connectivity index (χ2v) is 3.56. The summed E-state index contributed by atoms with van der Waals surface area (Å²) in [6.45, 7) is -0.578. The quantitative estimate of drug-likeness (QED) is 0.674. The molecule has 0 aliphatic rings. The molecule has 0 aromatic heterocycles. The van der Waals surface area contributed by atoms with Crippen molar-refractivity contribution in [2.75, 3.05) is 13.7 Å². The Morgan fingerprint density at radius 1 is 1.41 bits per heavy atom. The molecule has 0 spiro atoms. The normalized spacial score (nSPS) is 11.1. The van der Waals surface area contributed by atoms with Crippen LogP contribution in [0, 0.1) is 0 Å². The molecule has 0 unspecified atom stereocenters. The zero-order valence-corrected chi connectivity index (χ0v) is 9.64. The molecule has 0 aliphatic carbocycles. The highest BCUT2D eigenvalue weighted by atomic mass is 32.1. The SMILES string of the molecule is COC(=O)COc1ccc(S)cc1C(F)(F)F. The number of halogens is 3. The molecule has 3 nitrogen and oxygen atoms in total. The fourth-order valence-electron chi connectivity index (χ4n) is 1.06. The third-order valence-corrected chi connectivity index (χ3v) is 2.12. The van der Waals surface area contributed by atoms with Crippen molar-refractivity contribution in [1.29, 1.82) is 0 Å². The smallest absolute Gasteiger partial charge is 0.420 e. The Bertz CT molecular complexity index is 418. The summed E-state index contributed by atoms with van der Waals surface area (Å²) in [5.41, 5.74) is -0.978. The van der Waals surface area contributed by atoms with Crippen molar-refractivity contribution in [2.24, 2.45) is 0 Å². The van der Waals surface area contributed by atoms with E-state index in [4.69, 9.17) is 4.74 Å². The molecule has 0 bridgehead atoms. The van der Waals surface area contributed by atoms with Gasteiger partial charge in [0.05, 0.1) is 12.7 Å². The van der Waals surface area contributed by atoms with E-state index in [0.717, 1.165) is 19.2 Å². The van der Waals surface area contributed by atoms with Crippen LogP contribution in [-0.2, 0) is 15.7 Å². The lowest BCUT2D eigenvalue weighted by atomic mass is 10.2. The van der Waals surface area contributed by atoms with Gasteiger partial charge in [0.15, 0.2) is 6.61 Å². The fourth-order valence-corrected chi connectivity index (χ4v) is 1.26. The third-order valence-electron chi connectivity index (χ3n) is 1.84. The number of benzene rings is 1. The monoisotopic (exact) mass is 266 g/mol. The van der Waals surface area contributed by atoms with Gasteiger partial charge >= 0.3 is 12.1 Å². The lowest BCUT2D eigenvalue weighted by Crippen LogP contribution is -2.15. The van der Waals surface area contributed by atoms with Crippen LogP contribution in [0.25, 0.3) is 0 Å². The maximum atomic E-state index is 12.6. The van der Waals surface area contributed by atoms with Gasteiger partial charge in [-0.2, -0.15) is 13.2 Å². The molecule has 0 saturated carbocycles. The van der Waals surface area contributed by atoms with Crippen LogP contribution in [-0.4, -0.2) is 19.7 Å². The van der Waals surface area contributed by atoms with E-state index in [1.54, 1.807) is 0 Å². The fraction of sp³-hybridized carbons (Fsp3) is 0.300. The Balaban J connectivity index is 2.95. The molecule has 0 saturated heterocycles. The minimum Gasteiger partial charge on any atom is -0.481 e. The highest BCUT2D eigenvalue weighted by Crippen LogP contribution is 2.37. The van der Waals surface area contributed by atoms with Gasteiger partial charge in [0.1, 0.15) is 5.75 Å². The van der Waals surface area contributed by atoms with E-state index in [9.17, 15) is 18.0 Å². The average molecular weight is 266 g/mol. The third kappa shape index (κ3) is 3.85. The predicted octanol–water partition coefficient (Wildman–Crippen LogP) is 2.55. The largest absolute Gasteiger partial charge is 0.481 e. The summed E-state index contributed by atoms with van der Waals surface area (Å²) in [5.74, 6) is -1.19. The minimum atomic E-state index is -4.57. The highest BCUT2D eigenvalue weighted by molar-refractivity contribution is 7.80. The molecule has 1 aromatic rings. The van der Waals surface area contributed by atoms with Crippen LogP contribution >= 0.6 is 12.6 Å². The molecule has 1 rings (SSSR count). The van der Waals surface area contributed by atoms with Gasteiger partial charge in [-0.1, -0.05) is 0 Å². The summed E-state index contributed by atoms with van der Waals surface area (Å²) in [7, 11) is 1.12.